The number of aryl methyl sites for hydroxylation is 1. The van der Waals surface area contributed by atoms with Crippen molar-refractivity contribution in [2.45, 2.75) is 39.3 Å². The fraction of sp³-hybridized carbons (Fsp3) is 0.533. The molecule has 98 valence electrons. The maximum absolute atomic E-state index is 11.2. The summed E-state index contributed by atoms with van der Waals surface area (Å²) in [5, 5.41) is 3.58. The second-order valence-electron chi connectivity index (χ2n) is 5.15. The molecule has 1 aromatic carbocycles. The van der Waals surface area contributed by atoms with Gasteiger partial charge in [-0.1, -0.05) is 29.8 Å². The molecule has 0 saturated carbocycles. The molecule has 18 heavy (non-hydrogen) atoms. The number of carbonyl (C=O) groups excluding carboxylic acids is 1. The van der Waals surface area contributed by atoms with Crippen molar-refractivity contribution in [1.82, 2.24) is 10.2 Å². The van der Waals surface area contributed by atoms with Crippen molar-refractivity contribution >= 4 is 5.91 Å². The number of amides is 1. The maximum atomic E-state index is 11.2. The second kappa shape index (κ2) is 6.01. The molecule has 0 unspecified atom stereocenters. The molecule has 0 spiro atoms. The van der Waals surface area contributed by atoms with Gasteiger partial charge in [0.2, 0.25) is 5.91 Å². The molecule has 0 bridgehead atoms. The van der Waals surface area contributed by atoms with Crippen LogP contribution in [0.2, 0.25) is 0 Å². The Hall–Kier alpha value is -1.35. The molecular formula is C15H22N2O. The van der Waals surface area contributed by atoms with Crippen LogP contribution in [0.1, 0.15) is 30.9 Å². The van der Waals surface area contributed by atoms with Gasteiger partial charge in [-0.25, -0.2) is 0 Å². The van der Waals surface area contributed by atoms with Gasteiger partial charge in [-0.15, -0.1) is 0 Å². The van der Waals surface area contributed by atoms with E-state index in [0.717, 1.165) is 32.5 Å². The van der Waals surface area contributed by atoms with E-state index in [-0.39, 0.29) is 5.91 Å². The predicted molar refractivity (Wildman–Crippen MR) is 73.3 cm³/mol. The van der Waals surface area contributed by atoms with Crippen LogP contribution in [0.5, 0.6) is 0 Å². The highest BCUT2D eigenvalue weighted by molar-refractivity contribution is 5.73. The van der Waals surface area contributed by atoms with Crippen molar-refractivity contribution in [3.63, 3.8) is 0 Å². The summed E-state index contributed by atoms with van der Waals surface area (Å²) in [5.74, 6) is 0.201. The van der Waals surface area contributed by atoms with Crippen LogP contribution in [0, 0.1) is 6.92 Å². The van der Waals surface area contributed by atoms with Crippen molar-refractivity contribution < 1.29 is 4.79 Å². The molecule has 1 saturated heterocycles. The third-order valence-electron chi connectivity index (χ3n) is 3.66. The number of rotatable bonds is 3. The summed E-state index contributed by atoms with van der Waals surface area (Å²) in [6.07, 6.45) is 2.12. The summed E-state index contributed by atoms with van der Waals surface area (Å²) in [5.41, 5.74) is 2.63. The first-order valence-corrected chi connectivity index (χ1v) is 6.69. The number of likely N-dealkylation sites (tertiary alicyclic amines) is 1. The molecule has 1 heterocycles. The van der Waals surface area contributed by atoms with Gasteiger partial charge in [-0.3, -0.25) is 4.79 Å². The van der Waals surface area contributed by atoms with Crippen molar-refractivity contribution in [3.8, 4) is 0 Å². The Balaban J connectivity index is 1.75. The molecule has 1 fully saturated rings. The average molecular weight is 246 g/mol. The van der Waals surface area contributed by atoms with E-state index in [1.165, 1.54) is 11.1 Å². The zero-order valence-electron chi connectivity index (χ0n) is 11.3. The zero-order valence-corrected chi connectivity index (χ0v) is 11.3. The molecule has 1 amide bonds. The Morgan fingerprint density at radius 3 is 2.44 bits per heavy atom. The van der Waals surface area contributed by atoms with E-state index >= 15 is 0 Å². The Bertz CT molecular complexity index is 391. The normalized spacial score (nSPS) is 16.9. The number of hydrogen-bond acceptors (Lipinski definition) is 2. The van der Waals surface area contributed by atoms with Crippen LogP contribution in [0.25, 0.3) is 0 Å². The lowest BCUT2D eigenvalue weighted by molar-refractivity contribution is -0.129. The summed E-state index contributed by atoms with van der Waals surface area (Å²) in [4.78, 5) is 13.2. The minimum atomic E-state index is 0.201. The largest absolute Gasteiger partial charge is 0.343 e. The Morgan fingerprint density at radius 1 is 1.28 bits per heavy atom. The van der Waals surface area contributed by atoms with Crippen molar-refractivity contribution in [2.75, 3.05) is 13.1 Å². The van der Waals surface area contributed by atoms with E-state index < -0.39 is 0 Å². The molecule has 1 aliphatic heterocycles. The molecule has 1 N–H and O–H groups in total. The molecule has 0 atom stereocenters. The van der Waals surface area contributed by atoms with E-state index in [2.05, 4.69) is 36.5 Å². The third-order valence-corrected chi connectivity index (χ3v) is 3.66. The van der Waals surface area contributed by atoms with E-state index in [9.17, 15) is 4.79 Å². The van der Waals surface area contributed by atoms with Crippen molar-refractivity contribution in [2.24, 2.45) is 0 Å². The van der Waals surface area contributed by atoms with E-state index in [0.29, 0.717) is 6.04 Å². The van der Waals surface area contributed by atoms with Gasteiger partial charge in [0.25, 0.3) is 0 Å². The highest BCUT2D eigenvalue weighted by atomic mass is 16.2. The minimum absolute atomic E-state index is 0.201. The highest BCUT2D eigenvalue weighted by Crippen LogP contribution is 2.11. The number of carbonyl (C=O) groups is 1. The average Bonchev–Trinajstić information content (AvgIpc) is 2.38. The predicted octanol–water partition coefficient (Wildman–Crippen LogP) is 2.10. The van der Waals surface area contributed by atoms with Crippen molar-refractivity contribution in [3.05, 3.63) is 35.4 Å². The Morgan fingerprint density at radius 2 is 1.89 bits per heavy atom. The van der Waals surface area contributed by atoms with Crippen LogP contribution in [0.3, 0.4) is 0 Å². The first kappa shape index (κ1) is 13.1. The van der Waals surface area contributed by atoms with Crippen molar-refractivity contribution in [1.29, 1.82) is 0 Å². The SMILES string of the molecule is CC(=O)N1CCC(NCc2ccc(C)cc2)CC1. The summed E-state index contributed by atoms with van der Waals surface area (Å²) in [6, 6.07) is 9.19. The highest BCUT2D eigenvalue weighted by Gasteiger charge is 2.19. The van der Waals surface area contributed by atoms with Crippen LogP contribution in [-0.4, -0.2) is 29.9 Å². The van der Waals surface area contributed by atoms with Gasteiger partial charge in [0.05, 0.1) is 0 Å². The molecule has 0 aromatic heterocycles. The summed E-state index contributed by atoms with van der Waals surface area (Å²) in [7, 11) is 0. The van der Waals surface area contributed by atoms with Gasteiger partial charge < -0.3 is 10.2 Å². The summed E-state index contributed by atoms with van der Waals surface area (Å²) in [6.45, 7) is 6.46. The molecule has 1 aromatic rings. The lowest BCUT2D eigenvalue weighted by Gasteiger charge is -2.31. The first-order valence-electron chi connectivity index (χ1n) is 6.69. The number of benzene rings is 1. The number of hydrogen-bond donors (Lipinski definition) is 1. The Labute approximate surface area is 109 Å². The maximum Gasteiger partial charge on any atom is 0.219 e. The molecule has 0 aliphatic carbocycles. The van der Waals surface area contributed by atoms with Crippen LogP contribution in [0.4, 0.5) is 0 Å². The second-order valence-corrected chi connectivity index (χ2v) is 5.15. The molecule has 3 heteroatoms. The van der Waals surface area contributed by atoms with E-state index in [4.69, 9.17) is 0 Å². The topological polar surface area (TPSA) is 32.3 Å². The van der Waals surface area contributed by atoms with Gasteiger partial charge in [0, 0.05) is 32.6 Å². The van der Waals surface area contributed by atoms with E-state index in [1.54, 1.807) is 6.92 Å². The first-order chi connectivity index (χ1) is 8.65. The van der Waals surface area contributed by atoms with Gasteiger partial charge >= 0.3 is 0 Å². The van der Waals surface area contributed by atoms with Gasteiger partial charge in [-0.2, -0.15) is 0 Å². The zero-order chi connectivity index (χ0) is 13.0. The standard InChI is InChI=1S/C15H22N2O/c1-12-3-5-14(6-4-12)11-16-15-7-9-17(10-8-15)13(2)18/h3-6,15-16H,7-11H2,1-2H3. The molecule has 3 nitrogen and oxygen atoms in total. The lowest BCUT2D eigenvalue weighted by atomic mass is 10.0. The number of piperidine rings is 1. The number of nitrogens with zero attached hydrogens (tertiary/aromatic N) is 1. The van der Waals surface area contributed by atoms with E-state index in [1.807, 2.05) is 4.90 Å². The smallest absolute Gasteiger partial charge is 0.219 e. The van der Waals surface area contributed by atoms with Gasteiger partial charge in [0.1, 0.15) is 0 Å². The van der Waals surface area contributed by atoms with Gasteiger partial charge in [0.15, 0.2) is 0 Å². The van der Waals surface area contributed by atoms with Crippen LogP contribution in [0.15, 0.2) is 24.3 Å². The molecule has 2 rings (SSSR count). The molecule has 0 radical (unpaired) electrons. The molecule has 1 aliphatic rings. The quantitative estimate of drug-likeness (QED) is 0.885. The Kier molecular flexibility index (Phi) is 4.37. The van der Waals surface area contributed by atoms with Crippen LogP contribution < -0.4 is 5.32 Å². The minimum Gasteiger partial charge on any atom is -0.343 e. The molecular weight excluding hydrogens is 224 g/mol. The lowest BCUT2D eigenvalue weighted by Crippen LogP contribution is -2.43. The summed E-state index contributed by atoms with van der Waals surface area (Å²) >= 11 is 0. The fourth-order valence-corrected chi connectivity index (χ4v) is 2.37. The third kappa shape index (κ3) is 3.57. The van der Waals surface area contributed by atoms with Gasteiger partial charge in [-0.05, 0) is 25.3 Å². The fourth-order valence-electron chi connectivity index (χ4n) is 2.37. The van der Waals surface area contributed by atoms with Crippen LogP contribution in [-0.2, 0) is 11.3 Å². The summed E-state index contributed by atoms with van der Waals surface area (Å²) < 4.78 is 0. The number of nitrogens with one attached hydrogen (secondary N) is 1. The monoisotopic (exact) mass is 246 g/mol. The van der Waals surface area contributed by atoms with Crippen LogP contribution >= 0.6 is 0 Å².